The van der Waals surface area contributed by atoms with Gasteiger partial charge in [-0.2, -0.15) is 0 Å². The topological polar surface area (TPSA) is 79.7 Å². The Morgan fingerprint density at radius 2 is 1.74 bits per heavy atom. The smallest absolute Gasteiger partial charge is 0.335 e. The molecule has 1 aromatic heterocycles. The first-order valence-electron chi connectivity index (χ1n) is 10.7. The summed E-state index contributed by atoms with van der Waals surface area (Å²) in [7, 11) is 1.64. The van der Waals surface area contributed by atoms with Crippen molar-refractivity contribution >= 4 is 5.97 Å². The van der Waals surface area contributed by atoms with E-state index in [4.69, 9.17) is 9.72 Å². The maximum absolute atomic E-state index is 11.2. The van der Waals surface area contributed by atoms with E-state index in [1.165, 1.54) is 0 Å². The standard InChI is InChI=1S/C26H27NO4/c1-31-22-11-9-20(10-12-22)24-23(19-5-7-21(8-6-19)25(28)29)16-18(17-27-24)4-2-13-26(30)14-3-15-26/h5-12,16-17,30H,2-4,13-15H2,1H3,(H,28,29). The number of hydrogen-bond acceptors (Lipinski definition) is 4. The van der Waals surface area contributed by atoms with E-state index in [-0.39, 0.29) is 5.56 Å². The molecule has 0 unspecified atom stereocenters. The quantitative estimate of drug-likeness (QED) is 0.516. The van der Waals surface area contributed by atoms with Gasteiger partial charge in [0.05, 0.1) is 24.0 Å². The van der Waals surface area contributed by atoms with Crippen LogP contribution in [0, 0.1) is 0 Å². The van der Waals surface area contributed by atoms with Crippen LogP contribution in [0.2, 0.25) is 0 Å². The van der Waals surface area contributed by atoms with Gasteiger partial charge in [0.1, 0.15) is 5.75 Å². The average Bonchev–Trinajstić information content (AvgIpc) is 2.78. The van der Waals surface area contributed by atoms with Gasteiger partial charge in [0.2, 0.25) is 0 Å². The third kappa shape index (κ3) is 4.78. The molecule has 1 aliphatic carbocycles. The predicted octanol–water partition coefficient (Wildman–Crippen LogP) is 5.36. The van der Waals surface area contributed by atoms with E-state index in [9.17, 15) is 15.0 Å². The summed E-state index contributed by atoms with van der Waals surface area (Å²) in [6, 6.07) is 16.8. The van der Waals surface area contributed by atoms with Crippen LogP contribution >= 0.6 is 0 Å². The van der Waals surface area contributed by atoms with Crippen LogP contribution in [0.5, 0.6) is 5.75 Å². The van der Waals surface area contributed by atoms with Gasteiger partial charge in [-0.15, -0.1) is 0 Å². The number of carboxylic acids is 1. The summed E-state index contributed by atoms with van der Waals surface area (Å²) < 4.78 is 5.26. The minimum Gasteiger partial charge on any atom is -0.497 e. The Labute approximate surface area is 182 Å². The minimum absolute atomic E-state index is 0.257. The fourth-order valence-electron chi connectivity index (χ4n) is 4.09. The Bertz CT molecular complexity index is 1050. The molecule has 3 aromatic rings. The summed E-state index contributed by atoms with van der Waals surface area (Å²) in [5, 5.41) is 19.6. The van der Waals surface area contributed by atoms with Crippen molar-refractivity contribution in [3.8, 4) is 28.1 Å². The van der Waals surface area contributed by atoms with Crippen LogP contribution in [0.4, 0.5) is 0 Å². The van der Waals surface area contributed by atoms with Crippen molar-refractivity contribution in [3.63, 3.8) is 0 Å². The number of carbonyl (C=O) groups is 1. The number of carboxylic acid groups (broad SMARTS) is 1. The molecule has 0 radical (unpaired) electrons. The lowest BCUT2D eigenvalue weighted by Gasteiger charge is -2.36. The van der Waals surface area contributed by atoms with Gasteiger partial charge in [0, 0.05) is 17.3 Å². The zero-order valence-electron chi connectivity index (χ0n) is 17.7. The maximum atomic E-state index is 11.2. The number of benzene rings is 2. The number of hydrogen-bond donors (Lipinski definition) is 2. The Morgan fingerprint density at radius 1 is 1.06 bits per heavy atom. The summed E-state index contributed by atoms with van der Waals surface area (Å²) in [6.07, 6.45) is 7.40. The van der Waals surface area contributed by atoms with Crippen LogP contribution in [0.1, 0.15) is 48.0 Å². The summed E-state index contributed by atoms with van der Waals surface area (Å²) in [4.78, 5) is 16.0. The highest BCUT2D eigenvalue weighted by Crippen LogP contribution is 2.36. The number of rotatable bonds is 8. The van der Waals surface area contributed by atoms with Gasteiger partial charge in [0.15, 0.2) is 0 Å². The van der Waals surface area contributed by atoms with Gasteiger partial charge < -0.3 is 14.9 Å². The predicted molar refractivity (Wildman–Crippen MR) is 120 cm³/mol. The third-order valence-corrected chi connectivity index (χ3v) is 6.14. The van der Waals surface area contributed by atoms with Crippen LogP contribution < -0.4 is 4.74 Å². The largest absolute Gasteiger partial charge is 0.497 e. The number of nitrogens with zero attached hydrogens (tertiary/aromatic N) is 1. The highest BCUT2D eigenvalue weighted by molar-refractivity contribution is 5.89. The van der Waals surface area contributed by atoms with Crippen molar-refractivity contribution in [1.82, 2.24) is 4.98 Å². The number of aliphatic hydroxyl groups is 1. The van der Waals surface area contributed by atoms with Crippen LogP contribution in [0.25, 0.3) is 22.4 Å². The molecular weight excluding hydrogens is 390 g/mol. The Balaban J connectivity index is 1.65. The Hall–Kier alpha value is -3.18. The van der Waals surface area contributed by atoms with Crippen LogP contribution in [0.15, 0.2) is 60.8 Å². The maximum Gasteiger partial charge on any atom is 0.335 e. The summed E-state index contributed by atoms with van der Waals surface area (Å²) >= 11 is 0. The molecule has 1 saturated carbocycles. The van der Waals surface area contributed by atoms with E-state index in [0.717, 1.165) is 72.2 Å². The van der Waals surface area contributed by atoms with Gasteiger partial charge in [-0.3, -0.25) is 4.98 Å². The lowest BCUT2D eigenvalue weighted by molar-refractivity contribution is -0.0414. The molecule has 2 N–H and O–H groups in total. The van der Waals surface area contributed by atoms with Crippen LogP contribution in [-0.2, 0) is 6.42 Å². The summed E-state index contributed by atoms with van der Waals surface area (Å²) in [5.74, 6) is -0.163. The van der Waals surface area contributed by atoms with Crippen molar-refractivity contribution in [2.45, 2.75) is 44.1 Å². The zero-order chi connectivity index (χ0) is 21.8. The number of aromatic carboxylic acids is 1. The fourth-order valence-corrected chi connectivity index (χ4v) is 4.09. The van der Waals surface area contributed by atoms with E-state index < -0.39 is 11.6 Å². The molecule has 0 atom stereocenters. The van der Waals surface area contributed by atoms with E-state index in [1.807, 2.05) is 42.6 Å². The van der Waals surface area contributed by atoms with E-state index in [2.05, 4.69) is 6.07 Å². The molecule has 1 aliphatic rings. The lowest BCUT2D eigenvalue weighted by Crippen LogP contribution is -2.36. The molecule has 5 nitrogen and oxygen atoms in total. The van der Waals surface area contributed by atoms with Crippen molar-refractivity contribution in [2.75, 3.05) is 7.11 Å². The van der Waals surface area contributed by atoms with Crippen LogP contribution in [0.3, 0.4) is 0 Å². The van der Waals surface area contributed by atoms with Crippen LogP contribution in [-0.4, -0.2) is 33.9 Å². The fraction of sp³-hybridized carbons (Fsp3) is 0.308. The number of methoxy groups -OCH3 is 1. The number of ether oxygens (including phenoxy) is 1. The minimum atomic E-state index is -0.942. The normalized spacial score (nSPS) is 14.6. The second-order valence-electron chi connectivity index (χ2n) is 8.28. The lowest BCUT2D eigenvalue weighted by atomic mass is 9.76. The van der Waals surface area contributed by atoms with Gasteiger partial charge >= 0.3 is 5.97 Å². The molecule has 0 saturated heterocycles. The molecule has 1 heterocycles. The molecule has 5 heteroatoms. The first-order valence-corrected chi connectivity index (χ1v) is 10.7. The van der Waals surface area contributed by atoms with Crippen molar-refractivity contribution in [2.24, 2.45) is 0 Å². The molecule has 4 rings (SSSR count). The second-order valence-corrected chi connectivity index (χ2v) is 8.28. The molecule has 0 aliphatic heterocycles. The van der Waals surface area contributed by atoms with E-state index in [1.54, 1.807) is 19.2 Å². The SMILES string of the molecule is COc1ccc(-c2ncc(CCCC3(O)CCC3)cc2-c2ccc(C(=O)O)cc2)cc1. The molecule has 0 spiro atoms. The van der Waals surface area contributed by atoms with Gasteiger partial charge in [-0.25, -0.2) is 4.79 Å². The molecule has 0 amide bonds. The van der Waals surface area contributed by atoms with Crippen molar-refractivity contribution in [1.29, 1.82) is 0 Å². The number of pyridine rings is 1. The average molecular weight is 418 g/mol. The summed E-state index contributed by atoms with van der Waals surface area (Å²) in [5.41, 5.74) is 4.58. The molecule has 1 fully saturated rings. The Morgan fingerprint density at radius 3 is 2.32 bits per heavy atom. The van der Waals surface area contributed by atoms with Gasteiger partial charge in [0.25, 0.3) is 0 Å². The van der Waals surface area contributed by atoms with Crippen molar-refractivity contribution in [3.05, 3.63) is 71.9 Å². The first-order chi connectivity index (χ1) is 15.0. The molecular formula is C26H27NO4. The third-order valence-electron chi connectivity index (χ3n) is 6.14. The molecule has 0 bridgehead atoms. The van der Waals surface area contributed by atoms with E-state index in [0.29, 0.717) is 0 Å². The molecule has 2 aromatic carbocycles. The summed E-state index contributed by atoms with van der Waals surface area (Å²) in [6.45, 7) is 0. The number of aromatic nitrogens is 1. The monoisotopic (exact) mass is 417 g/mol. The Kier molecular flexibility index (Phi) is 6.05. The molecule has 160 valence electrons. The molecule has 31 heavy (non-hydrogen) atoms. The highest BCUT2D eigenvalue weighted by atomic mass is 16.5. The number of aryl methyl sites for hydroxylation is 1. The highest BCUT2D eigenvalue weighted by Gasteiger charge is 2.33. The second kappa shape index (κ2) is 8.90. The first kappa shape index (κ1) is 21.1. The van der Waals surface area contributed by atoms with Gasteiger partial charge in [-0.05, 0) is 92.1 Å². The zero-order valence-corrected chi connectivity index (χ0v) is 17.7. The van der Waals surface area contributed by atoms with E-state index >= 15 is 0 Å². The van der Waals surface area contributed by atoms with Gasteiger partial charge in [-0.1, -0.05) is 12.1 Å². The van der Waals surface area contributed by atoms with Crippen molar-refractivity contribution < 1.29 is 19.7 Å².